The number of nitrogens with one attached hydrogen (secondary N) is 2. The molecule has 0 aliphatic carbocycles. The van der Waals surface area contributed by atoms with Crippen LogP contribution in [0.3, 0.4) is 0 Å². The van der Waals surface area contributed by atoms with Crippen LogP contribution in [0.15, 0.2) is 41.8 Å². The molecule has 0 aliphatic rings. The van der Waals surface area contributed by atoms with E-state index in [0.717, 1.165) is 17.7 Å². The summed E-state index contributed by atoms with van der Waals surface area (Å²) in [6, 6.07) is 11.6. The number of nitrogens with zero attached hydrogens (tertiary/aromatic N) is 1. The predicted octanol–water partition coefficient (Wildman–Crippen LogP) is 3.48. The average molecular weight is 345 g/mol. The van der Waals surface area contributed by atoms with Gasteiger partial charge in [-0.25, -0.2) is 4.79 Å². The maximum Gasteiger partial charge on any atom is 0.317 e. The van der Waals surface area contributed by atoms with Gasteiger partial charge in [0, 0.05) is 30.6 Å². The van der Waals surface area contributed by atoms with Crippen LogP contribution in [-0.2, 0) is 17.8 Å². The summed E-state index contributed by atoms with van der Waals surface area (Å²) < 4.78 is 0. The van der Waals surface area contributed by atoms with Crippen LogP contribution in [0.1, 0.15) is 24.3 Å². The first-order valence-corrected chi connectivity index (χ1v) is 8.88. The summed E-state index contributed by atoms with van der Waals surface area (Å²) in [6.07, 6.45) is 0.753. The molecule has 0 radical (unpaired) electrons. The minimum atomic E-state index is -0.0830. The maximum atomic E-state index is 12.2. The molecule has 1 aromatic carbocycles. The third-order valence-corrected chi connectivity index (χ3v) is 4.42. The molecule has 0 atom stereocenters. The minimum absolute atomic E-state index is 0.0410. The number of anilines is 1. The molecule has 24 heavy (non-hydrogen) atoms. The Hall–Kier alpha value is -2.34. The van der Waals surface area contributed by atoms with Crippen molar-refractivity contribution in [1.82, 2.24) is 10.2 Å². The lowest BCUT2D eigenvalue weighted by Gasteiger charge is -2.20. The largest absolute Gasteiger partial charge is 0.338 e. The first kappa shape index (κ1) is 18.0. The van der Waals surface area contributed by atoms with E-state index in [2.05, 4.69) is 10.6 Å². The second-order valence-electron chi connectivity index (χ2n) is 5.45. The number of urea groups is 1. The van der Waals surface area contributed by atoms with Crippen molar-refractivity contribution in [1.29, 1.82) is 0 Å². The van der Waals surface area contributed by atoms with Crippen molar-refractivity contribution in [3.8, 4) is 0 Å². The molecule has 3 amide bonds. The number of thiophene rings is 1. The van der Waals surface area contributed by atoms with E-state index in [0.29, 0.717) is 19.6 Å². The highest BCUT2D eigenvalue weighted by Crippen LogP contribution is 2.12. The van der Waals surface area contributed by atoms with Gasteiger partial charge in [0.25, 0.3) is 0 Å². The van der Waals surface area contributed by atoms with Gasteiger partial charge in [-0.15, -0.1) is 11.3 Å². The molecule has 6 heteroatoms. The van der Waals surface area contributed by atoms with Crippen molar-refractivity contribution in [2.24, 2.45) is 0 Å². The van der Waals surface area contributed by atoms with E-state index in [4.69, 9.17) is 0 Å². The van der Waals surface area contributed by atoms with Crippen LogP contribution >= 0.6 is 11.3 Å². The standard InChI is InChI=1S/C18H23N3O2S/c1-3-21(13-17-5-4-12-24-17)18(23)19-11-10-15-6-8-16(9-7-15)20-14(2)22/h4-9,12H,3,10-11,13H2,1-2H3,(H,19,23)(H,20,22). The van der Waals surface area contributed by atoms with E-state index >= 15 is 0 Å². The van der Waals surface area contributed by atoms with Gasteiger partial charge in [-0.3, -0.25) is 4.79 Å². The average Bonchev–Trinajstić information content (AvgIpc) is 3.06. The predicted molar refractivity (Wildman–Crippen MR) is 98.3 cm³/mol. The lowest BCUT2D eigenvalue weighted by molar-refractivity contribution is -0.114. The molecule has 1 heterocycles. The molecule has 2 rings (SSSR count). The van der Waals surface area contributed by atoms with Crippen molar-refractivity contribution in [2.75, 3.05) is 18.4 Å². The van der Waals surface area contributed by atoms with E-state index in [1.165, 1.54) is 11.8 Å². The fourth-order valence-electron chi connectivity index (χ4n) is 2.30. The van der Waals surface area contributed by atoms with E-state index in [9.17, 15) is 9.59 Å². The second kappa shape index (κ2) is 9.08. The number of benzene rings is 1. The van der Waals surface area contributed by atoms with Crippen molar-refractivity contribution in [2.45, 2.75) is 26.8 Å². The third-order valence-electron chi connectivity index (χ3n) is 3.56. The van der Waals surface area contributed by atoms with E-state index in [1.807, 2.05) is 48.7 Å². The monoisotopic (exact) mass is 345 g/mol. The Bertz CT molecular complexity index is 653. The molecule has 2 aromatic rings. The lowest BCUT2D eigenvalue weighted by atomic mass is 10.1. The summed E-state index contributed by atoms with van der Waals surface area (Å²) in [4.78, 5) is 26.2. The van der Waals surface area contributed by atoms with Crippen molar-refractivity contribution >= 4 is 29.0 Å². The van der Waals surface area contributed by atoms with Crippen molar-refractivity contribution in [3.05, 3.63) is 52.2 Å². The number of amides is 3. The molecular formula is C18H23N3O2S. The third kappa shape index (κ3) is 5.70. The van der Waals surface area contributed by atoms with Crippen molar-refractivity contribution in [3.63, 3.8) is 0 Å². The van der Waals surface area contributed by atoms with Crippen LogP contribution in [0.4, 0.5) is 10.5 Å². The summed E-state index contributed by atoms with van der Waals surface area (Å²) >= 11 is 1.66. The zero-order valence-corrected chi connectivity index (χ0v) is 14.9. The summed E-state index contributed by atoms with van der Waals surface area (Å²) in [5.41, 5.74) is 1.90. The van der Waals surface area contributed by atoms with E-state index < -0.39 is 0 Å². The molecule has 0 spiro atoms. The van der Waals surface area contributed by atoms with Gasteiger partial charge in [0.05, 0.1) is 6.54 Å². The summed E-state index contributed by atoms with van der Waals surface area (Å²) in [7, 11) is 0. The van der Waals surface area contributed by atoms with Gasteiger partial charge in [0.15, 0.2) is 0 Å². The Balaban J connectivity index is 1.77. The van der Waals surface area contributed by atoms with Gasteiger partial charge in [0.1, 0.15) is 0 Å². The number of carbonyl (C=O) groups excluding carboxylic acids is 2. The van der Waals surface area contributed by atoms with Crippen LogP contribution in [0.5, 0.6) is 0 Å². The summed E-state index contributed by atoms with van der Waals surface area (Å²) in [5, 5.41) is 7.72. The number of carbonyl (C=O) groups is 2. The number of hydrogen-bond acceptors (Lipinski definition) is 3. The zero-order valence-electron chi connectivity index (χ0n) is 14.0. The molecule has 0 aliphatic heterocycles. The first-order valence-electron chi connectivity index (χ1n) is 8.00. The molecule has 128 valence electrons. The second-order valence-corrected chi connectivity index (χ2v) is 6.49. The SMILES string of the molecule is CCN(Cc1cccs1)C(=O)NCCc1ccc(NC(C)=O)cc1. The molecule has 5 nitrogen and oxygen atoms in total. The number of rotatable bonds is 7. The summed E-state index contributed by atoms with van der Waals surface area (Å²) in [6.45, 7) is 5.37. The van der Waals surface area contributed by atoms with Crippen LogP contribution in [0.2, 0.25) is 0 Å². The fraction of sp³-hybridized carbons (Fsp3) is 0.333. The molecule has 0 fully saturated rings. The highest BCUT2D eigenvalue weighted by molar-refractivity contribution is 7.09. The van der Waals surface area contributed by atoms with Crippen molar-refractivity contribution < 1.29 is 9.59 Å². The molecule has 0 unspecified atom stereocenters. The molecule has 2 N–H and O–H groups in total. The van der Waals surface area contributed by atoms with Gasteiger partial charge in [-0.1, -0.05) is 18.2 Å². The maximum absolute atomic E-state index is 12.2. The van der Waals surface area contributed by atoms with Crippen LogP contribution < -0.4 is 10.6 Å². The smallest absolute Gasteiger partial charge is 0.317 e. The van der Waals surface area contributed by atoms with Gasteiger partial charge < -0.3 is 15.5 Å². The van der Waals surface area contributed by atoms with Crippen LogP contribution in [0.25, 0.3) is 0 Å². The Labute approximate surface area is 146 Å². The quantitative estimate of drug-likeness (QED) is 0.807. The van der Waals surface area contributed by atoms with E-state index in [1.54, 1.807) is 16.2 Å². The van der Waals surface area contributed by atoms with Gasteiger partial charge >= 0.3 is 6.03 Å². The van der Waals surface area contributed by atoms with Gasteiger partial charge in [0.2, 0.25) is 5.91 Å². The Kier molecular flexibility index (Phi) is 6.81. The zero-order chi connectivity index (χ0) is 17.4. The first-order chi connectivity index (χ1) is 11.6. The summed E-state index contributed by atoms with van der Waals surface area (Å²) in [5.74, 6) is -0.0830. The highest BCUT2D eigenvalue weighted by Gasteiger charge is 2.11. The van der Waals surface area contributed by atoms with Gasteiger partial charge in [-0.2, -0.15) is 0 Å². The van der Waals surface area contributed by atoms with Crippen LogP contribution in [-0.4, -0.2) is 29.9 Å². The van der Waals surface area contributed by atoms with Crippen LogP contribution in [0, 0.1) is 0 Å². The molecule has 0 saturated heterocycles. The molecule has 1 aromatic heterocycles. The topological polar surface area (TPSA) is 61.4 Å². The Morgan fingerprint density at radius 1 is 1.17 bits per heavy atom. The molecule has 0 bridgehead atoms. The Morgan fingerprint density at radius 2 is 1.92 bits per heavy atom. The highest BCUT2D eigenvalue weighted by atomic mass is 32.1. The molecule has 0 saturated carbocycles. The van der Waals surface area contributed by atoms with Gasteiger partial charge in [-0.05, 0) is 42.5 Å². The minimum Gasteiger partial charge on any atom is -0.338 e. The van der Waals surface area contributed by atoms with E-state index in [-0.39, 0.29) is 11.9 Å². The normalized spacial score (nSPS) is 10.2. The fourth-order valence-corrected chi connectivity index (χ4v) is 3.02. The lowest BCUT2D eigenvalue weighted by Crippen LogP contribution is -2.40. The molecular weight excluding hydrogens is 322 g/mol. The number of hydrogen-bond donors (Lipinski definition) is 2. The Morgan fingerprint density at radius 3 is 2.50 bits per heavy atom.